The van der Waals surface area contributed by atoms with Gasteiger partial charge in [0.2, 0.25) is 5.91 Å². The Kier molecular flexibility index (Phi) is 5.89. The molecule has 0 spiro atoms. The van der Waals surface area contributed by atoms with E-state index in [9.17, 15) is 4.79 Å². The number of nitriles is 1. The van der Waals surface area contributed by atoms with E-state index in [2.05, 4.69) is 6.07 Å². The fourth-order valence-electron chi connectivity index (χ4n) is 1.74. The summed E-state index contributed by atoms with van der Waals surface area (Å²) in [7, 11) is 0. The van der Waals surface area contributed by atoms with Crippen molar-refractivity contribution in [3.05, 3.63) is 35.4 Å². The lowest BCUT2D eigenvalue weighted by molar-refractivity contribution is -0.131. The number of carbonyl (C=O) groups is 1. The van der Waals surface area contributed by atoms with Crippen LogP contribution < -0.4 is 0 Å². The van der Waals surface area contributed by atoms with Crippen LogP contribution in [-0.2, 0) is 11.3 Å². The minimum Gasteiger partial charge on any atom is -0.396 e. The van der Waals surface area contributed by atoms with E-state index in [1.54, 1.807) is 11.0 Å². The third kappa shape index (κ3) is 3.86. The molecule has 1 N–H and O–H groups in total. The average Bonchev–Trinajstić information content (AvgIpc) is 2.42. The first-order valence-electron chi connectivity index (χ1n) is 6.09. The molecule has 96 valence electrons. The van der Waals surface area contributed by atoms with E-state index in [-0.39, 0.29) is 12.5 Å². The van der Waals surface area contributed by atoms with E-state index >= 15 is 0 Å². The van der Waals surface area contributed by atoms with Gasteiger partial charge in [0.05, 0.1) is 11.6 Å². The summed E-state index contributed by atoms with van der Waals surface area (Å²) in [6.07, 6.45) is 0.828. The largest absolute Gasteiger partial charge is 0.396 e. The Hall–Kier alpha value is -1.86. The molecular formula is C14H18N2O2. The SMILES string of the molecule is CCN(Cc1ccccc1C#N)C(=O)CCCO. The van der Waals surface area contributed by atoms with Crippen molar-refractivity contribution >= 4 is 5.91 Å². The second kappa shape index (κ2) is 7.46. The lowest BCUT2D eigenvalue weighted by Crippen LogP contribution is -2.30. The molecule has 0 aliphatic heterocycles. The molecule has 4 nitrogen and oxygen atoms in total. The van der Waals surface area contributed by atoms with Gasteiger partial charge in [-0.3, -0.25) is 4.79 Å². The minimum absolute atomic E-state index is 0.0132. The molecule has 0 radical (unpaired) electrons. The van der Waals surface area contributed by atoms with Crippen LogP contribution in [0.5, 0.6) is 0 Å². The molecular weight excluding hydrogens is 228 g/mol. The van der Waals surface area contributed by atoms with E-state index < -0.39 is 0 Å². The zero-order chi connectivity index (χ0) is 13.4. The van der Waals surface area contributed by atoms with E-state index in [0.29, 0.717) is 31.5 Å². The highest BCUT2D eigenvalue weighted by molar-refractivity contribution is 5.76. The fourth-order valence-corrected chi connectivity index (χ4v) is 1.74. The Bertz CT molecular complexity index is 438. The number of hydrogen-bond acceptors (Lipinski definition) is 3. The standard InChI is InChI=1S/C14H18N2O2/c1-2-16(14(18)8-5-9-17)11-13-7-4-3-6-12(13)10-15/h3-4,6-7,17H,2,5,8-9,11H2,1H3. The van der Waals surface area contributed by atoms with Crippen molar-refractivity contribution in [2.75, 3.05) is 13.2 Å². The number of hydrogen-bond donors (Lipinski definition) is 1. The van der Waals surface area contributed by atoms with Gasteiger partial charge in [0.25, 0.3) is 0 Å². The summed E-state index contributed by atoms with van der Waals surface area (Å²) in [4.78, 5) is 13.6. The number of aliphatic hydroxyl groups is 1. The Morgan fingerprint density at radius 2 is 2.17 bits per heavy atom. The molecule has 0 saturated heterocycles. The highest BCUT2D eigenvalue weighted by Gasteiger charge is 2.13. The number of amides is 1. The number of rotatable bonds is 6. The predicted molar refractivity (Wildman–Crippen MR) is 68.6 cm³/mol. The second-order valence-corrected chi connectivity index (χ2v) is 4.00. The molecule has 0 fully saturated rings. The van der Waals surface area contributed by atoms with Gasteiger partial charge in [-0.15, -0.1) is 0 Å². The van der Waals surface area contributed by atoms with Gasteiger partial charge >= 0.3 is 0 Å². The van der Waals surface area contributed by atoms with Crippen molar-refractivity contribution in [3.8, 4) is 6.07 Å². The maximum absolute atomic E-state index is 11.9. The van der Waals surface area contributed by atoms with E-state index in [1.807, 2.05) is 25.1 Å². The molecule has 0 aromatic heterocycles. The summed E-state index contributed by atoms with van der Waals surface area (Å²) < 4.78 is 0. The van der Waals surface area contributed by atoms with Gasteiger partial charge in [0.15, 0.2) is 0 Å². The van der Waals surface area contributed by atoms with Crippen molar-refractivity contribution in [2.24, 2.45) is 0 Å². The predicted octanol–water partition coefficient (Wildman–Crippen LogP) is 1.68. The number of nitrogens with zero attached hydrogens (tertiary/aromatic N) is 2. The van der Waals surface area contributed by atoms with Gasteiger partial charge in [-0.2, -0.15) is 5.26 Å². The Morgan fingerprint density at radius 3 is 2.78 bits per heavy atom. The molecule has 0 heterocycles. The van der Waals surface area contributed by atoms with Gasteiger partial charge < -0.3 is 10.0 Å². The van der Waals surface area contributed by atoms with Crippen LogP contribution in [0, 0.1) is 11.3 Å². The summed E-state index contributed by atoms with van der Waals surface area (Å²) in [5, 5.41) is 17.7. The highest BCUT2D eigenvalue weighted by Crippen LogP contribution is 2.11. The molecule has 0 bridgehead atoms. The lowest BCUT2D eigenvalue weighted by atomic mass is 10.1. The molecule has 18 heavy (non-hydrogen) atoms. The van der Waals surface area contributed by atoms with Gasteiger partial charge in [-0.25, -0.2) is 0 Å². The summed E-state index contributed by atoms with van der Waals surface area (Å²) in [6, 6.07) is 9.42. The Balaban J connectivity index is 2.74. The zero-order valence-electron chi connectivity index (χ0n) is 10.6. The van der Waals surface area contributed by atoms with Crippen LogP contribution in [0.1, 0.15) is 30.9 Å². The van der Waals surface area contributed by atoms with E-state index in [0.717, 1.165) is 5.56 Å². The van der Waals surface area contributed by atoms with Gasteiger partial charge in [-0.1, -0.05) is 18.2 Å². The van der Waals surface area contributed by atoms with Crippen LogP contribution in [-0.4, -0.2) is 29.1 Å². The van der Waals surface area contributed by atoms with Crippen molar-refractivity contribution < 1.29 is 9.90 Å². The van der Waals surface area contributed by atoms with Crippen molar-refractivity contribution in [1.82, 2.24) is 4.90 Å². The molecule has 1 aromatic carbocycles. The molecule has 0 atom stereocenters. The number of aliphatic hydroxyl groups excluding tert-OH is 1. The number of carbonyl (C=O) groups excluding carboxylic acids is 1. The summed E-state index contributed by atoms with van der Waals surface area (Å²) >= 11 is 0. The smallest absolute Gasteiger partial charge is 0.222 e. The molecule has 0 aliphatic rings. The van der Waals surface area contributed by atoms with Crippen LogP contribution in [0.3, 0.4) is 0 Å². The number of benzene rings is 1. The van der Waals surface area contributed by atoms with Crippen LogP contribution >= 0.6 is 0 Å². The highest BCUT2D eigenvalue weighted by atomic mass is 16.3. The minimum atomic E-state index is 0.0132. The van der Waals surface area contributed by atoms with Gasteiger partial charge in [0, 0.05) is 26.1 Å². The van der Waals surface area contributed by atoms with Crippen LogP contribution in [0.15, 0.2) is 24.3 Å². The van der Waals surface area contributed by atoms with E-state index in [4.69, 9.17) is 10.4 Å². The summed E-state index contributed by atoms with van der Waals surface area (Å²) in [6.45, 7) is 2.98. The third-order valence-corrected chi connectivity index (χ3v) is 2.78. The second-order valence-electron chi connectivity index (χ2n) is 4.00. The quantitative estimate of drug-likeness (QED) is 0.830. The van der Waals surface area contributed by atoms with Crippen LogP contribution in [0.4, 0.5) is 0 Å². The molecule has 0 aliphatic carbocycles. The normalized spacial score (nSPS) is 9.83. The average molecular weight is 246 g/mol. The van der Waals surface area contributed by atoms with Crippen molar-refractivity contribution in [1.29, 1.82) is 5.26 Å². The van der Waals surface area contributed by atoms with Gasteiger partial charge in [0.1, 0.15) is 0 Å². The zero-order valence-corrected chi connectivity index (χ0v) is 10.6. The fraction of sp³-hybridized carbons (Fsp3) is 0.429. The molecule has 1 amide bonds. The first-order chi connectivity index (χ1) is 8.72. The van der Waals surface area contributed by atoms with Crippen LogP contribution in [0.2, 0.25) is 0 Å². The molecule has 0 saturated carbocycles. The molecule has 4 heteroatoms. The summed E-state index contributed by atoms with van der Waals surface area (Å²) in [5.41, 5.74) is 1.46. The maximum atomic E-state index is 11.9. The van der Waals surface area contributed by atoms with Crippen molar-refractivity contribution in [2.45, 2.75) is 26.3 Å². The molecule has 1 aromatic rings. The molecule has 0 unspecified atom stereocenters. The lowest BCUT2D eigenvalue weighted by Gasteiger charge is -2.21. The first kappa shape index (κ1) is 14.2. The van der Waals surface area contributed by atoms with Crippen molar-refractivity contribution in [3.63, 3.8) is 0 Å². The Morgan fingerprint density at radius 1 is 1.44 bits per heavy atom. The Labute approximate surface area is 107 Å². The van der Waals surface area contributed by atoms with Gasteiger partial charge in [-0.05, 0) is 25.0 Å². The third-order valence-electron chi connectivity index (χ3n) is 2.78. The maximum Gasteiger partial charge on any atom is 0.222 e. The monoisotopic (exact) mass is 246 g/mol. The summed E-state index contributed by atoms with van der Waals surface area (Å²) in [5.74, 6) is 0.0132. The topological polar surface area (TPSA) is 64.3 Å². The molecule has 1 rings (SSSR count). The van der Waals surface area contributed by atoms with E-state index in [1.165, 1.54) is 0 Å². The first-order valence-corrected chi connectivity index (χ1v) is 6.09. The van der Waals surface area contributed by atoms with Crippen LogP contribution in [0.25, 0.3) is 0 Å².